The van der Waals surface area contributed by atoms with Crippen LogP contribution in [0.15, 0.2) is 59.8 Å². The number of halogens is 2. The number of aryl methyl sites for hydroxylation is 2. The van der Waals surface area contributed by atoms with Gasteiger partial charge in [0.15, 0.2) is 5.70 Å². The van der Waals surface area contributed by atoms with Crippen molar-refractivity contribution in [2.75, 3.05) is 146 Å². The Balaban J connectivity index is 0.905. The number of nitrogens with one attached hydrogen (secondary N) is 2. The van der Waals surface area contributed by atoms with E-state index in [-0.39, 0.29) is 62.1 Å². The largest absolute Gasteiger partial charge is 0.737 e. The number of rotatable bonds is 14. The molecule has 5 heterocycles. The van der Waals surface area contributed by atoms with Gasteiger partial charge in [-0.2, -0.15) is 0 Å². The van der Waals surface area contributed by atoms with Crippen molar-refractivity contribution in [2.45, 2.75) is 27.7 Å². The summed E-state index contributed by atoms with van der Waals surface area (Å²) in [7, 11) is 7.99. The summed E-state index contributed by atoms with van der Waals surface area (Å²) < 4.78 is 45.7. The lowest BCUT2D eigenvalue weighted by Crippen LogP contribution is -2.51. The molecule has 20 heteroatoms. The van der Waals surface area contributed by atoms with E-state index < -0.39 is 30.4 Å². The molecular weight excluding hydrogens is 913 g/mol. The molecular formula is C51H71BF2N10O7. The van der Waals surface area contributed by atoms with E-state index in [0.29, 0.717) is 86.3 Å². The summed E-state index contributed by atoms with van der Waals surface area (Å²) >= 11 is 0. The van der Waals surface area contributed by atoms with Crippen LogP contribution >= 0.6 is 0 Å². The molecule has 17 nitrogen and oxygen atoms in total. The number of carbonyl (C=O) groups excluding carboxylic acids is 4. The van der Waals surface area contributed by atoms with Crippen LogP contribution in [-0.2, 0) is 9.47 Å². The van der Waals surface area contributed by atoms with Gasteiger partial charge in [-0.15, -0.1) is 0 Å². The Hall–Kier alpha value is -5.77. The van der Waals surface area contributed by atoms with Crippen LogP contribution in [0.2, 0.25) is 0 Å². The Morgan fingerprint density at radius 3 is 1.54 bits per heavy atom. The first-order chi connectivity index (χ1) is 33.9. The fourth-order valence-electron chi connectivity index (χ4n) is 9.72. The summed E-state index contributed by atoms with van der Waals surface area (Å²) in [5.41, 5.74) is 5.18. The first-order valence-electron chi connectivity index (χ1n) is 24.7. The number of benzene rings is 2. The number of amides is 4. The molecule has 2 fully saturated rings. The summed E-state index contributed by atoms with van der Waals surface area (Å²) in [4.78, 5) is 67.2. The van der Waals surface area contributed by atoms with Crippen molar-refractivity contribution < 1.29 is 46.9 Å². The van der Waals surface area contributed by atoms with Crippen LogP contribution < -0.4 is 10.6 Å². The van der Waals surface area contributed by atoms with Crippen LogP contribution in [0.3, 0.4) is 0 Å². The van der Waals surface area contributed by atoms with Crippen molar-refractivity contribution in [3.63, 3.8) is 0 Å². The molecule has 384 valence electrons. The van der Waals surface area contributed by atoms with Crippen LogP contribution in [0, 0.1) is 13.8 Å². The van der Waals surface area contributed by atoms with E-state index in [4.69, 9.17) is 9.47 Å². The van der Waals surface area contributed by atoms with E-state index in [9.17, 15) is 24.3 Å². The average molecular weight is 985 g/mol. The SMILES string of the molecule is CC1=CC(C)=[N+]2C1=C(c1ccc(C(=O)NCCOCCOCCNC(=O)c3cc(C(=O)N4CCN(C)CCN(C)CC4)c(O)c(C(=O)N4CCN(C)CCN(C)CC4)c3)cc1)c1c(C)cc(C)n1[B-]2(F)F. The first-order valence-corrected chi connectivity index (χ1v) is 24.7. The van der Waals surface area contributed by atoms with Crippen LogP contribution in [0.4, 0.5) is 8.63 Å². The highest BCUT2D eigenvalue weighted by Crippen LogP contribution is 2.44. The highest BCUT2D eigenvalue weighted by Gasteiger charge is 2.55. The van der Waals surface area contributed by atoms with Gasteiger partial charge in [-0.25, -0.2) is 0 Å². The lowest BCUT2D eigenvalue weighted by atomic mass is 9.83. The zero-order valence-electron chi connectivity index (χ0n) is 42.7. The number of aromatic hydroxyl groups is 1. The number of carbonyl (C=O) groups is 4. The molecule has 0 saturated carbocycles. The van der Waals surface area contributed by atoms with E-state index in [1.807, 2.05) is 42.0 Å². The van der Waals surface area contributed by atoms with Crippen molar-refractivity contribution in [1.29, 1.82) is 0 Å². The second-order valence-corrected chi connectivity index (χ2v) is 19.4. The number of phenolic OH excluding ortho intramolecular Hbond substituents is 1. The molecule has 0 unspecified atom stereocenters. The lowest BCUT2D eigenvalue weighted by molar-refractivity contribution is -0.363. The number of likely N-dealkylation sites (N-methyl/N-ethyl adjacent to an activating group) is 4. The molecule has 3 aromatic rings. The third-order valence-electron chi connectivity index (χ3n) is 13.9. The van der Waals surface area contributed by atoms with Crippen molar-refractivity contribution in [1.82, 2.24) is 44.5 Å². The van der Waals surface area contributed by atoms with Gasteiger partial charge in [0.05, 0.1) is 43.1 Å². The van der Waals surface area contributed by atoms with Gasteiger partial charge in [0.25, 0.3) is 23.6 Å². The third-order valence-corrected chi connectivity index (χ3v) is 13.9. The number of aromatic nitrogens is 1. The highest BCUT2D eigenvalue weighted by molar-refractivity contribution is 6.58. The fourth-order valence-corrected chi connectivity index (χ4v) is 9.72. The Labute approximate surface area is 416 Å². The van der Waals surface area contributed by atoms with E-state index in [2.05, 4.69) is 30.2 Å². The second-order valence-electron chi connectivity index (χ2n) is 19.4. The van der Waals surface area contributed by atoms with Gasteiger partial charge in [0.1, 0.15) is 11.5 Å². The normalized spacial score (nSPS) is 18.7. The van der Waals surface area contributed by atoms with Gasteiger partial charge in [-0.3, -0.25) is 19.2 Å². The number of allylic oxidation sites excluding steroid dienone is 2. The molecule has 7 rings (SSSR count). The molecule has 71 heavy (non-hydrogen) atoms. The van der Waals surface area contributed by atoms with Gasteiger partial charge in [0, 0.05) is 127 Å². The maximum Gasteiger partial charge on any atom is 0.737 e. The van der Waals surface area contributed by atoms with Gasteiger partial charge in [-0.05, 0) is 96.1 Å². The maximum atomic E-state index is 16.0. The van der Waals surface area contributed by atoms with E-state index in [1.54, 1.807) is 60.1 Å². The molecule has 2 saturated heterocycles. The summed E-state index contributed by atoms with van der Waals surface area (Å²) in [5, 5.41) is 17.4. The Morgan fingerprint density at radius 2 is 1.07 bits per heavy atom. The molecule has 4 amide bonds. The summed E-state index contributed by atoms with van der Waals surface area (Å²) in [5.74, 6) is -2.16. The average Bonchev–Trinajstić information content (AvgIpc) is 3.87. The predicted octanol–water partition coefficient (Wildman–Crippen LogP) is 3.07. The predicted molar refractivity (Wildman–Crippen MR) is 271 cm³/mol. The Kier molecular flexibility index (Phi) is 17.3. The molecule has 0 radical (unpaired) electrons. The van der Waals surface area contributed by atoms with Crippen LogP contribution in [0.5, 0.6) is 5.75 Å². The number of phenols is 1. The van der Waals surface area contributed by atoms with E-state index in [1.165, 1.54) is 12.1 Å². The number of hydrogen-bond acceptors (Lipinski definition) is 11. The number of hydrogen-bond donors (Lipinski definition) is 3. The molecule has 1 aromatic heterocycles. The van der Waals surface area contributed by atoms with Crippen molar-refractivity contribution >= 4 is 41.9 Å². The quantitative estimate of drug-likeness (QED) is 0.161. The lowest BCUT2D eigenvalue weighted by Gasteiger charge is -2.34. The Morgan fingerprint density at radius 1 is 0.634 bits per heavy atom. The minimum atomic E-state index is -4.09. The molecule has 0 aliphatic carbocycles. The van der Waals surface area contributed by atoms with Gasteiger partial charge >= 0.3 is 6.97 Å². The zero-order chi connectivity index (χ0) is 51.1. The number of fused-ring (bicyclic) bond motifs is 2. The molecule has 4 aliphatic rings. The number of nitrogens with zero attached hydrogens (tertiary/aromatic N) is 8. The molecule has 3 N–H and O–H groups in total. The molecule has 4 aliphatic heterocycles. The first kappa shape index (κ1) is 53.0. The molecule has 0 atom stereocenters. The zero-order valence-corrected chi connectivity index (χ0v) is 42.7. The summed E-state index contributed by atoms with van der Waals surface area (Å²) in [6.45, 7) is 11.7. The fraction of sp³-hybridized carbons (Fsp3) is 0.510. The standard InChI is InChI=1S/C51H71BF2N10O7/c1-35-31-37(3)63-45(35)44(46-36(2)32-38(4)64(46)52(63,53)54)39-9-11-40(12-10-39)48(66)55-13-27-70-29-30-71-28-14-56-49(67)41-33-42(50(68)61-23-19-57(5)15-16-58(6)20-24-61)47(65)43(34-41)51(69)62-25-21-59(7)17-18-60(8)22-26-62/h9-12,31-34,65H,13-30H2,1-8H3,(H,55,66)(H,56,67). The molecule has 2 aromatic carbocycles. The van der Waals surface area contributed by atoms with E-state index >= 15 is 8.63 Å². The minimum Gasteiger partial charge on any atom is -0.506 e. The Bertz CT molecular complexity index is 2490. The third kappa shape index (κ3) is 12.1. The van der Waals surface area contributed by atoms with Gasteiger partial charge in [0.2, 0.25) is 0 Å². The second kappa shape index (κ2) is 23.2. The topological polar surface area (TPSA) is 158 Å². The summed E-state index contributed by atoms with van der Waals surface area (Å²) in [6, 6.07) is 11.5. The number of ether oxygens (including phenoxy) is 2. The van der Waals surface area contributed by atoms with Crippen molar-refractivity contribution in [3.8, 4) is 5.75 Å². The van der Waals surface area contributed by atoms with Crippen molar-refractivity contribution in [3.05, 3.63) is 105 Å². The monoisotopic (exact) mass is 985 g/mol. The molecule has 0 spiro atoms. The van der Waals surface area contributed by atoms with Crippen LogP contribution in [0.1, 0.15) is 77.8 Å². The smallest absolute Gasteiger partial charge is 0.506 e. The van der Waals surface area contributed by atoms with E-state index in [0.717, 1.165) is 51.8 Å². The van der Waals surface area contributed by atoms with Gasteiger partial charge < -0.3 is 72.2 Å². The highest BCUT2D eigenvalue weighted by atomic mass is 19.2. The van der Waals surface area contributed by atoms with Gasteiger partial charge in [-0.1, -0.05) is 12.1 Å². The van der Waals surface area contributed by atoms with Crippen molar-refractivity contribution in [2.24, 2.45) is 0 Å². The van der Waals surface area contributed by atoms with Crippen LogP contribution in [0.25, 0.3) is 5.57 Å². The molecule has 0 bridgehead atoms. The van der Waals surface area contributed by atoms with Crippen LogP contribution in [-0.4, -0.2) is 226 Å². The summed E-state index contributed by atoms with van der Waals surface area (Å²) in [6.07, 6.45) is 1.79. The maximum absolute atomic E-state index is 16.0. The minimum absolute atomic E-state index is 0.0745.